The summed E-state index contributed by atoms with van der Waals surface area (Å²) in [6.07, 6.45) is 1.90. The summed E-state index contributed by atoms with van der Waals surface area (Å²) in [6, 6.07) is 13.1. The Hall–Kier alpha value is -2.36. The first-order valence-electron chi connectivity index (χ1n) is 9.26. The normalized spacial score (nSPS) is 11.9. The molecular weight excluding hydrogens is 422 g/mol. The fraction of sp³-hybridized carbons (Fsp3) is 0.333. The van der Waals surface area contributed by atoms with Gasteiger partial charge in [-0.15, -0.1) is 11.8 Å². The van der Waals surface area contributed by atoms with Gasteiger partial charge in [-0.05, 0) is 63.4 Å². The molecule has 30 heavy (non-hydrogen) atoms. The molecule has 0 fully saturated rings. The van der Waals surface area contributed by atoms with E-state index in [0.717, 1.165) is 9.20 Å². The highest BCUT2D eigenvalue weighted by molar-refractivity contribution is 7.98. The molecule has 0 saturated carbocycles. The minimum Gasteiger partial charge on any atom is -0.347 e. The van der Waals surface area contributed by atoms with Crippen molar-refractivity contribution < 1.29 is 18.0 Å². The Balaban J connectivity index is 2.12. The summed E-state index contributed by atoms with van der Waals surface area (Å²) in [5, 5.41) is 5.49. The molecule has 9 heteroatoms. The van der Waals surface area contributed by atoms with E-state index in [1.54, 1.807) is 36.4 Å². The molecule has 0 radical (unpaired) electrons. The van der Waals surface area contributed by atoms with Crippen molar-refractivity contribution in [1.29, 1.82) is 0 Å². The molecule has 2 N–H and O–H groups in total. The number of nitrogens with zero attached hydrogens (tertiary/aromatic N) is 1. The van der Waals surface area contributed by atoms with Gasteiger partial charge in [0.25, 0.3) is 5.91 Å². The van der Waals surface area contributed by atoms with Gasteiger partial charge in [0.1, 0.15) is 0 Å². The monoisotopic (exact) mass is 449 g/mol. The van der Waals surface area contributed by atoms with E-state index in [0.29, 0.717) is 11.3 Å². The third-order valence-corrected chi connectivity index (χ3v) is 6.63. The van der Waals surface area contributed by atoms with Crippen LogP contribution in [0.1, 0.15) is 31.1 Å². The van der Waals surface area contributed by atoms with E-state index in [9.17, 15) is 18.0 Å². The highest BCUT2D eigenvalue weighted by Gasteiger charge is 2.24. The lowest BCUT2D eigenvalue weighted by atomic mass is 10.1. The van der Waals surface area contributed by atoms with Crippen molar-refractivity contribution in [2.24, 2.45) is 0 Å². The third-order valence-electron chi connectivity index (χ3n) is 4.07. The first-order valence-corrected chi connectivity index (χ1v) is 11.9. The second-order valence-corrected chi connectivity index (χ2v) is 10.7. The summed E-state index contributed by atoms with van der Waals surface area (Å²) in [5.74, 6) is -0.869. The molecule has 2 aromatic rings. The maximum absolute atomic E-state index is 12.7. The molecule has 0 aliphatic carbocycles. The van der Waals surface area contributed by atoms with E-state index in [1.807, 2.05) is 27.0 Å². The average Bonchev–Trinajstić information content (AvgIpc) is 2.66. The minimum absolute atomic E-state index is 0.112. The summed E-state index contributed by atoms with van der Waals surface area (Å²) in [4.78, 5) is 26.1. The number of anilines is 1. The van der Waals surface area contributed by atoms with Gasteiger partial charge < -0.3 is 10.6 Å². The Morgan fingerprint density at radius 2 is 1.63 bits per heavy atom. The molecule has 0 unspecified atom stereocenters. The lowest BCUT2D eigenvalue weighted by molar-refractivity contribution is -0.116. The van der Waals surface area contributed by atoms with Gasteiger partial charge in [-0.1, -0.05) is 12.1 Å². The van der Waals surface area contributed by atoms with Crippen LogP contribution in [0.4, 0.5) is 5.69 Å². The zero-order chi connectivity index (χ0) is 22.5. The number of benzene rings is 2. The van der Waals surface area contributed by atoms with E-state index >= 15 is 0 Å². The van der Waals surface area contributed by atoms with E-state index in [4.69, 9.17) is 0 Å². The molecular formula is C21H27N3O4S2. The van der Waals surface area contributed by atoms with Crippen molar-refractivity contribution in [1.82, 2.24) is 9.62 Å². The fourth-order valence-corrected chi connectivity index (χ4v) is 4.14. The second kappa shape index (κ2) is 9.63. The van der Waals surface area contributed by atoms with Crippen molar-refractivity contribution in [2.45, 2.75) is 36.1 Å². The average molecular weight is 450 g/mol. The quantitative estimate of drug-likeness (QED) is 0.633. The van der Waals surface area contributed by atoms with E-state index in [1.165, 1.54) is 30.9 Å². The van der Waals surface area contributed by atoms with E-state index in [-0.39, 0.29) is 17.3 Å². The summed E-state index contributed by atoms with van der Waals surface area (Å²) >= 11 is 1.51. The van der Waals surface area contributed by atoms with Gasteiger partial charge >= 0.3 is 0 Å². The summed E-state index contributed by atoms with van der Waals surface area (Å²) in [7, 11) is -2.47. The number of hydrogen-bond acceptors (Lipinski definition) is 5. The van der Waals surface area contributed by atoms with Crippen LogP contribution in [-0.4, -0.2) is 49.9 Å². The van der Waals surface area contributed by atoms with Crippen molar-refractivity contribution in [3.8, 4) is 0 Å². The molecule has 2 amide bonds. The molecule has 162 valence electrons. The summed E-state index contributed by atoms with van der Waals surface area (Å²) in [6.45, 7) is 5.19. The number of carbonyl (C=O) groups excluding carboxylic acids is 2. The van der Waals surface area contributed by atoms with Gasteiger partial charge in [0, 0.05) is 17.5 Å². The largest absolute Gasteiger partial charge is 0.347 e. The molecule has 0 aromatic heterocycles. The minimum atomic E-state index is -3.82. The van der Waals surface area contributed by atoms with Gasteiger partial charge in [0.2, 0.25) is 15.9 Å². The number of amides is 2. The van der Waals surface area contributed by atoms with E-state index < -0.39 is 21.5 Å². The number of sulfonamides is 1. The summed E-state index contributed by atoms with van der Waals surface area (Å²) in [5.41, 5.74) is 0.187. The Labute approximate surface area is 182 Å². The molecule has 0 heterocycles. The Bertz CT molecular complexity index is 1010. The van der Waals surface area contributed by atoms with Gasteiger partial charge in [0.15, 0.2) is 0 Å². The van der Waals surface area contributed by atoms with Crippen LogP contribution < -0.4 is 10.6 Å². The van der Waals surface area contributed by atoms with Crippen LogP contribution in [0.15, 0.2) is 58.3 Å². The molecule has 0 spiro atoms. The second-order valence-electron chi connectivity index (χ2n) is 7.73. The number of likely N-dealkylation sites (N-methyl/N-ethyl adjacent to an activating group) is 1. The molecule has 0 bridgehead atoms. The number of rotatable bonds is 7. The Morgan fingerprint density at radius 3 is 2.20 bits per heavy atom. The zero-order valence-corrected chi connectivity index (χ0v) is 19.4. The first-order chi connectivity index (χ1) is 13.9. The first kappa shape index (κ1) is 23.9. The topological polar surface area (TPSA) is 95.6 Å². The van der Waals surface area contributed by atoms with Crippen molar-refractivity contribution in [3.05, 3.63) is 54.1 Å². The maximum atomic E-state index is 12.7. The number of nitrogens with one attached hydrogen (secondary N) is 2. The SMILES string of the molecule is CSc1ccc(S(=O)(=O)N(C)CC(=O)Nc2ccccc2C(=O)NC(C)(C)C)cc1. The van der Waals surface area contributed by atoms with Crippen LogP contribution in [0, 0.1) is 0 Å². The molecule has 2 aromatic carbocycles. The van der Waals surface area contributed by atoms with Crippen molar-refractivity contribution in [2.75, 3.05) is 25.2 Å². The predicted molar refractivity (Wildman–Crippen MR) is 120 cm³/mol. The summed E-state index contributed by atoms with van der Waals surface area (Å²) < 4.78 is 26.4. The van der Waals surface area contributed by atoms with Crippen LogP contribution in [0.5, 0.6) is 0 Å². The highest BCUT2D eigenvalue weighted by Crippen LogP contribution is 2.20. The Kier molecular flexibility index (Phi) is 7.68. The molecule has 7 nitrogen and oxygen atoms in total. The smallest absolute Gasteiger partial charge is 0.253 e. The standard InChI is InChI=1S/C21H27N3O4S2/c1-21(2,3)23-20(26)17-8-6-7-9-18(17)22-19(25)14-24(4)30(27,28)16-12-10-15(29-5)11-13-16/h6-13H,14H2,1-5H3,(H,22,25)(H,23,26). The van der Waals surface area contributed by atoms with Crippen LogP contribution >= 0.6 is 11.8 Å². The number of thioether (sulfide) groups is 1. The molecule has 0 atom stereocenters. The fourth-order valence-electron chi connectivity index (χ4n) is 2.60. The molecule has 2 rings (SSSR count). The van der Waals surface area contributed by atoms with Gasteiger partial charge in [0.05, 0.1) is 22.7 Å². The molecule has 0 aliphatic heterocycles. The number of carbonyl (C=O) groups is 2. The number of hydrogen-bond donors (Lipinski definition) is 2. The van der Waals surface area contributed by atoms with Gasteiger partial charge in [-0.25, -0.2) is 8.42 Å². The van der Waals surface area contributed by atoms with Crippen LogP contribution in [0.25, 0.3) is 0 Å². The lowest BCUT2D eigenvalue weighted by Gasteiger charge is -2.22. The van der Waals surface area contributed by atoms with Crippen LogP contribution in [0.3, 0.4) is 0 Å². The highest BCUT2D eigenvalue weighted by atomic mass is 32.2. The predicted octanol–water partition coefficient (Wildman–Crippen LogP) is 3.20. The third kappa shape index (κ3) is 6.32. The zero-order valence-electron chi connectivity index (χ0n) is 17.7. The molecule has 0 aliphatic rings. The Morgan fingerprint density at radius 1 is 1.03 bits per heavy atom. The molecule has 0 saturated heterocycles. The van der Waals surface area contributed by atoms with Crippen LogP contribution in [0.2, 0.25) is 0 Å². The maximum Gasteiger partial charge on any atom is 0.253 e. The van der Waals surface area contributed by atoms with Crippen molar-refractivity contribution in [3.63, 3.8) is 0 Å². The number of para-hydroxylation sites is 1. The van der Waals surface area contributed by atoms with Gasteiger partial charge in [-0.2, -0.15) is 4.31 Å². The van der Waals surface area contributed by atoms with Crippen LogP contribution in [-0.2, 0) is 14.8 Å². The van der Waals surface area contributed by atoms with Gasteiger partial charge in [-0.3, -0.25) is 9.59 Å². The van der Waals surface area contributed by atoms with Crippen molar-refractivity contribution >= 4 is 39.3 Å². The lowest BCUT2D eigenvalue weighted by Crippen LogP contribution is -2.41. The van der Waals surface area contributed by atoms with E-state index in [2.05, 4.69) is 10.6 Å².